The molecule has 0 aliphatic carbocycles. The molecule has 3 aromatic carbocycles. The van der Waals surface area contributed by atoms with Gasteiger partial charge in [0.25, 0.3) is 11.8 Å². The minimum Gasteiger partial charge on any atom is -0.494 e. The van der Waals surface area contributed by atoms with Gasteiger partial charge in [0.15, 0.2) is 6.61 Å². The van der Waals surface area contributed by atoms with E-state index in [-0.39, 0.29) is 25.0 Å². The van der Waals surface area contributed by atoms with Gasteiger partial charge >= 0.3 is 5.97 Å². The standard InChI is InChI=1S/C30H29N3O6/c1-4-37-25-16-12-23(13-17-25)31-28(34)19-39-27-9-7-6-8-22(27)18-26-20(3)32-33(29(26)35)24-14-10-21(11-15-24)30(36)38-5-2/h6-18H,4-5,19H2,1-3H3,(H,31,34). The molecular weight excluding hydrogens is 498 g/mol. The molecule has 0 spiro atoms. The molecule has 0 radical (unpaired) electrons. The highest BCUT2D eigenvalue weighted by Gasteiger charge is 2.29. The molecular formula is C30H29N3O6. The predicted molar refractivity (Wildman–Crippen MR) is 149 cm³/mol. The number of anilines is 2. The largest absolute Gasteiger partial charge is 0.494 e. The number of nitrogens with zero attached hydrogens (tertiary/aromatic N) is 2. The van der Waals surface area contributed by atoms with Crippen LogP contribution in [0.4, 0.5) is 11.4 Å². The zero-order chi connectivity index (χ0) is 27.8. The van der Waals surface area contributed by atoms with E-state index < -0.39 is 5.97 Å². The van der Waals surface area contributed by atoms with Crippen molar-refractivity contribution in [3.8, 4) is 11.5 Å². The number of benzene rings is 3. The fourth-order valence-corrected chi connectivity index (χ4v) is 3.84. The Morgan fingerprint density at radius 2 is 1.64 bits per heavy atom. The second-order valence-corrected chi connectivity index (χ2v) is 8.46. The molecule has 9 nitrogen and oxygen atoms in total. The van der Waals surface area contributed by atoms with Crippen molar-refractivity contribution in [1.29, 1.82) is 0 Å². The van der Waals surface area contributed by atoms with Gasteiger partial charge in [-0.25, -0.2) is 4.79 Å². The third-order valence-corrected chi connectivity index (χ3v) is 5.71. The molecule has 2 amide bonds. The van der Waals surface area contributed by atoms with E-state index in [1.165, 1.54) is 5.01 Å². The van der Waals surface area contributed by atoms with E-state index in [0.717, 1.165) is 5.75 Å². The van der Waals surface area contributed by atoms with Gasteiger partial charge in [-0.15, -0.1) is 0 Å². The maximum atomic E-state index is 13.2. The summed E-state index contributed by atoms with van der Waals surface area (Å²) in [6, 6.07) is 20.7. The highest BCUT2D eigenvalue weighted by molar-refractivity contribution is 6.32. The Kier molecular flexibility index (Phi) is 8.73. The Hall–Kier alpha value is -4.92. The number of rotatable bonds is 10. The first-order chi connectivity index (χ1) is 18.9. The molecule has 0 saturated carbocycles. The van der Waals surface area contributed by atoms with Crippen molar-refractivity contribution in [2.24, 2.45) is 5.10 Å². The van der Waals surface area contributed by atoms with Crippen LogP contribution >= 0.6 is 0 Å². The molecule has 1 N–H and O–H groups in total. The Labute approximate surface area is 226 Å². The number of carbonyl (C=O) groups excluding carboxylic acids is 3. The summed E-state index contributed by atoms with van der Waals surface area (Å²) in [4.78, 5) is 37.6. The number of hydrogen-bond donors (Lipinski definition) is 1. The zero-order valence-electron chi connectivity index (χ0n) is 22.0. The van der Waals surface area contributed by atoms with Crippen LogP contribution in [0.2, 0.25) is 0 Å². The van der Waals surface area contributed by atoms with Crippen LogP contribution in [0.1, 0.15) is 36.7 Å². The minimum atomic E-state index is -0.429. The lowest BCUT2D eigenvalue weighted by Crippen LogP contribution is -2.21. The maximum Gasteiger partial charge on any atom is 0.338 e. The van der Waals surface area contributed by atoms with E-state index in [4.69, 9.17) is 14.2 Å². The van der Waals surface area contributed by atoms with Gasteiger partial charge in [-0.3, -0.25) is 9.59 Å². The van der Waals surface area contributed by atoms with Crippen molar-refractivity contribution < 1.29 is 28.6 Å². The van der Waals surface area contributed by atoms with Crippen LogP contribution in [0.3, 0.4) is 0 Å². The van der Waals surface area contributed by atoms with E-state index in [0.29, 0.717) is 46.1 Å². The maximum absolute atomic E-state index is 13.2. The average molecular weight is 528 g/mol. The first-order valence-electron chi connectivity index (χ1n) is 12.5. The third kappa shape index (κ3) is 6.70. The minimum absolute atomic E-state index is 0.215. The summed E-state index contributed by atoms with van der Waals surface area (Å²) in [6.07, 6.45) is 1.69. The number of carbonyl (C=O) groups is 3. The smallest absolute Gasteiger partial charge is 0.338 e. The SMILES string of the molecule is CCOC(=O)c1ccc(N2N=C(C)C(=Cc3ccccc3OCC(=O)Nc3ccc(OCC)cc3)C2=O)cc1. The van der Waals surface area contributed by atoms with E-state index >= 15 is 0 Å². The molecule has 1 heterocycles. The molecule has 1 aliphatic heterocycles. The molecule has 200 valence electrons. The first kappa shape index (κ1) is 27.1. The lowest BCUT2D eigenvalue weighted by molar-refractivity contribution is -0.118. The van der Waals surface area contributed by atoms with Crippen LogP contribution in [-0.2, 0) is 14.3 Å². The molecule has 0 bridgehead atoms. The third-order valence-electron chi connectivity index (χ3n) is 5.71. The fraction of sp³-hybridized carbons (Fsp3) is 0.200. The summed E-state index contributed by atoms with van der Waals surface area (Å²) in [5.41, 5.74) is 3.08. The van der Waals surface area contributed by atoms with Crippen molar-refractivity contribution in [2.45, 2.75) is 20.8 Å². The second kappa shape index (κ2) is 12.6. The zero-order valence-corrected chi connectivity index (χ0v) is 22.0. The number of esters is 1. The van der Waals surface area contributed by atoms with Crippen molar-refractivity contribution in [3.63, 3.8) is 0 Å². The number of amides is 2. The quantitative estimate of drug-likeness (QED) is 0.291. The predicted octanol–water partition coefficient (Wildman–Crippen LogP) is 5.09. The second-order valence-electron chi connectivity index (χ2n) is 8.46. The molecule has 0 aromatic heterocycles. The van der Waals surface area contributed by atoms with Gasteiger partial charge in [0.05, 0.1) is 35.7 Å². The molecule has 0 unspecified atom stereocenters. The lowest BCUT2D eigenvalue weighted by atomic mass is 10.1. The number of nitrogens with one attached hydrogen (secondary N) is 1. The summed E-state index contributed by atoms with van der Waals surface area (Å²) in [5.74, 6) is 0.0981. The first-order valence-corrected chi connectivity index (χ1v) is 12.5. The van der Waals surface area contributed by atoms with Gasteiger partial charge in [-0.1, -0.05) is 18.2 Å². The highest BCUT2D eigenvalue weighted by Crippen LogP contribution is 2.28. The summed E-state index contributed by atoms with van der Waals surface area (Å²) >= 11 is 0. The number of para-hydroxylation sites is 1. The molecule has 39 heavy (non-hydrogen) atoms. The number of hydrazone groups is 1. The van der Waals surface area contributed by atoms with Crippen molar-refractivity contribution in [3.05, 3.63) is 89.5 Å². The summed E-state index contributed by atoms with van der Waals surface area (Å²) in [7, 11) is 0. The molecule has 0 fully saturated rings. The van der Waals surface area contributed by atoms with Crippen LogP contribution in [0.25, 0.3) is 6.08 Å². The van der Waals surface area contributed by atoms with Gasteiger partial charge in [0, 0.05) is 11.3 Å². The van der Waals surface area contributed by atoms with Crippen LogP contribution in [0.15, 0.2) is 83.5 Å². The van der Waals surface area contributed by atoms with E-state index in [1.807, 2.05) is 13.0 Å². The van der Waals surface area contributed by atoms with Gasteiger partial charge in [0.1, 0.15) is 11.5 Å². The van der Waals surface area contributed by atoms with Gasteiger partial charge in [-0.2, -0.15) is 10.1 Å². The Morgan fingerprint density at radius 3 is 2.33 bits per heavy atom. The number of hydrogen-bond acceptors (Lipinski definition) is 7. The summed E-state index contributed by atoms with van der Waals surface area (Å²) in [5, 5.41) is 8.47. The molecule has 0 saturated heterocycles. The van der Waals surface area contributed by atoms with E-state index in [1.54, 1.807) is 86.7 Å². The van der Waals surface area contributed by atoms with E-state index in [2.05, 4.69) is 10.4 Å². The monoisotopic (exact) mass is 527 g/mol. The van der Waals surface area contributed by atoms with Crippen LogP contribution < -0.4 is 19.8 Å². The highest BCUT2D eigenvalue weighted by atomic mass is 16.5. The van der Waals surface area contributed by atoms with Gasteiger partial charge < -0.3 is 19.5 Å². The Balaban J connectivity index is 1.43. The van der Waals surface area contributed by atoms with Gasteiger partial charge in [0.2, 0.25) is 0 Å². The van der Waals surface area contributed by atoms with E-state index in [9.17, 15) is 14.4 Å². The van der Waals surface area contributed by atoms with Gasteiger partial charge in [-0.05, 0) is 81.4 Å². The van der Waals surface area contributed by atoms with Crippen molar-refractivity contribution in [2.75, 3.05) is 30.1 Å². The molecule has 4 rings (SSSR count). The molecule has 0 atom stereocenters. The summed E-state index contributed by atoms with van der Waals surface area (Å²) < 4.78 is 16.2. The summed E-state index contributed by atoms with van der Waals surface area (Å²) in [6.45, 7) is 6.01. The number of ether oxygens (including phenoxy) is 3. The van der Waals surface area contributed by atoms with Crippen LogP contribution in [0, 0.1) is 0 Å². The van der Waals surface area contributed by atoms with Crippen LogP contribution in [-0.4, -0.2) is 43.3 Å². The topological polar surface area (TPSA) is 107 Å². The Bertz CT molecular complexity index is 1410. The van der Waals surface area contributed by atoms with Crippen molar-refractivity contribution in [1.82, 2.24) is 0 Å². The lowest BCUT2D eigenvalue weighted by Gasteiger charge is -2.13. The van der Waals surface area contributed by atoms with Crippen molar-refractivity contribution >= 4 is 40.9 Å². The molecule has 9 heteroatoms. The molecule has 1 aliphatic rings. The van der Waals surface area contributed by atoms with Crippen LogP contribution in [0.5, 0.6) is 11.5 Å². The average Bonchev–Trinajstić information content (AvgIpc) is 3.22. The Morgan fingerprint density at radius 1 is 0.923 bits per heavy atom. The molecule has 3 aromatic rings. The fourth-order valence-electron chi connectivity index (χ4n) is 3.84. The normalized spacial score (nSPS) is 13.7.